The van der Waals surface area contributed by atoms with Crippen molar-refractivity contribution in [3.63, 3.8) is 0 Å². The minimum atomic E-state index is -0.478. The average Bonchev–Trinajstić information content (AvgIpc) is 3.11. The third kappa shape index (κ3) is 4.70. The maximum absolute atomic E-state index is 12.6. The number of nitro groups is 1. The second-order valence-corrected chi connectivity index (χ2v) is 8.69. The number of thiazole rings is 1. The van der Waals surface area contributed by atoms with E-state index in [-0.39, 0.29) is 17.0 Å². The third-order valence-electron chi connectivity index (χ3n) is 4.64. The van der Waals surface area contributed by atoms with Gasteiger partial charge in [-0.15, -0.1) is 11.3 Å². The Kier molecular flexibility index (Phi) is 5.57. The van der Waals surface area contributed by atoms with Crippen molar-refractivity contribution in [1.82, 2.24) is 14.8 Å². The van der Waals surface area contributed by atoms with Gasteiger partial charge in [-0.1, -0.05) is 26.8 Å². The van der Waals surface area contributed by atoms with Crippen LogP contribution in [0.3, 0.4) is 0 Å². The molecule has 1 aliphatic rings. The highest BCUT2D eigenvalue weighted by Crippen LogP contribution is 2.25. The second-order valence-electron chi connectivity index (χ2n) is 7.75. The number of nitro benzene ring substituents is 1. The van der Waals surface area contributed by atoms with Crippen LogP contribution in [0.4, 0.5) is 5.69 Å². The maximum atomic E-state index is 12.6. The first kappa shape index (κ1) is 19.4. The predicted molar refractivity (Wildman–Crippen MR) is 105 cm³/mol. The van der Waals surface area contributed by atoms with Crippen molar-refractivity contribution < 1.29 is 9.72 Å². The summed E-state index contributed by atoms with van der Waals surface area (Å²) in [6.45, 7) is 10.0. The lowest BCUT2D eigenvalue weighted by Crippen LogP contribution is -2.48. The van der Waals surface area contributed by atoms with Crippen molar-refractivity contribution in [3.05, 3.63) is 56.0 Å². The van der Waals surface area contributed by atoms with E-state index in [1.165, 1.54) is 12.1 Å². The summed E-state index contributed by atoms with van der Waals surface area (Å²) in [5.74, 6) is -0.150. The number of hydrogen-bond acceptors (Lipinski definition) is 6. The number of non-ortho nitro benzene ring substituents is 1. The van der Waals surface area contributed by atoms with Crippen LogP contribution in [0, 0.1) is 10.1 Å². The number of piperazine rings is 1. The van der Waals surface area contributed by atoms with Crippen LogP contribution in [0.2, 0.25) is 0 Å². The highest BCUT2D eigenvalue weighted by atomic mass is 32.1. The molecule has 2 aromatic rings. The quantitative estimate of drug-likeness (QED) is 0.593. The maximum Gasteiger partial charge on any atom is 0.270 e. The van der Waals surface area contributed by atoms with Gasteiger partial charge in [-0.2, -0.15) is 0 Å². The lowest BCUT2D eigenvalue weighted by atomic mass is 9.93. The Morgan fingerprint density at radius 3 is 2.56 bits per heavy atom. The molecule has 3 rings (SSSR count). The molecule has 0 radical (unpaired) electrons. The van der Waals surface area contributed by atoms with Crippen LogP contribution in [0.25, 0.3) is 0 Å². The summed E-state index contributed by atoms with van der Waals surface area (Å²) < 4.78 is 0. The molecule has 1 aromatic carbocycles. The number of hydrogen-bond donors (Lipinski definition) is 0. The third-order valence-corrected chi connectivity index (χ3v) is 5.48. The zero-order chi connectivity index (χ0) is 19.6. The van der Waals surface area contributed by atoms with Crippen molar-refractivity contribution >= 4 is 22.9 Å². The van der Waals surface area contributed by atoms with Gasteiger partial charge in [-0.3, -0.25) is 19.8 Å². The van der Waals surface area contributed by atoms with Crippen LogP contribution in [0.1, 0.15) is 41.8 Å². The molecule has 0 bridgehead atoms. The van der Waals surface area contributed by atoms with Crippen molar-refractivity contribution in [1.29, 1.82) is 0 Å². The molecule has 0 atom stereocenters. The molecule has 0 spiro atoms. The summed E-state index contributed by atoms with van der Waals surface area (Å²) in [5.41, 5.74) is 1.48. The van der Waals surface area contributed by atoms with Crippen LogP contribution >= 0.6 is 11.3 Å². The molecule has 1 amide bonds. The molecule has 1 aliphatic heterocycles. The fourth-order valence-corrected chi connectivity index (χ4v) is 4.03. The lowest BCUT2D eigenvalue weighted by Gasteiger charge is -2.34. The molecule has 1 saturated heterocycles. The monoisotopic (exact) mass is 388 g/mol. The summed E-state index contributed by atoms with van der Waals surface area (Å²) in [7, 11) is 0. The van der Waals surface area contributed by atoms with Crippen molar-refractivity contribution in [3.8, 4) is 0 Å². The Morgan fingerprint density at radius 1 is 1.26 bits per heavy atom. The lowest BCUT2D eigenvalue weighted by molar-refractivity contribution is -0.384. The predicted octanol–water partition coefficient (Wildman–Crippen LogP) is 3.31. The van der Waals surface area contributed by atoms with Gasteiger partial charge in [0.25, 0.3) is 11.6 Å². The Balaban J connectivity index is 1.57. The Hall–Kier alpha value is -2.32. The van der Waals surface area contributed by atoms with Crippen LogP contribution in [-0.2, 0) is 12.0 Å². The molecule has 0 aliphatic carbocycles. The number of carbonyl (C=O) groups is 1. The van der Waals surface area contributed by atoms with Gasteiger partial charge in [0, 0.05) is 54.7 Å². The van der Waals surface area contributed by atoms with Crippen LogP contribution in [0.15, 0.2) is 29.6 Å². The van der Waals surface area contributed by atoms with E-state index >= 15 is 0 Å². The van der Waals surface area contributed by atoms with Gasteiger partial charge in [0.2, 0.25) is 0 Å². The van der Waals surface area contributed by atoms with Gasteiger partial charge in [0.15, 0.2) is 0 Å². The van der Waals surface area contributed by atoms with Crippen LogP contribution < -0.4 is 0 Å². The fourth-order valence-electron chi connectivity index (χ4n) is 2.96. The van der Waals surface area contributed by atoms with Gasteiger partial charge >= 0.3 is 0 Å². The Bertz CT molecular complexity index is 835. The molecule has 2 heterocycles. The molecule has 27 heavy (non-hydrogen) atoms. The summed E-state index contributed by atoms with van der Waals surface area (Å²) in [6.07, 6.45) is 0. The molecule has 1 aromatic heterocycles. The normalized spacial score (nSPS) is 15.7. The molecule has 0 saturated carbocycles. The van der Waals surface area contributed by atoms with Crippen LogP contribution in [-0.4, -0.2) is 51.8 Å². The van der Waals surface area contributed by atoms with Gasteiger partial charge in [-0.05, 0) is 6.07 Å². The SMILES string of the molecule is CC(C)(C)c1csc(CN2CCN(C(=O)c3cccc([N+](=O)[O-])c3)CC2)n1. The highest BCUT2D eigenvalue weighted by Gasteiger charge is 2.24. The number of rotatable bonds is 4. The van der Waals surface area contributed by atoms with E-state index in [4.69, 9.17) is 4.98 Å². The Labute approximate surface area is 162 Å². The van der Waals surface area contributed by atoms with Crippen molar-refractivity contribution in [2.45, 2.75) is 32.7 Å². The van der Waals surface area contributed by atoms with E-state index in [0.717, 1.165) is 30.3 Å². The fraction of sp³-hybridized carbons (Fsp3) is 0.474. The van der Waals surface area contributed by atoms with Gasteiger partial charge in [0.1, 0.15) is 5.01 Å². The van der Waals surface area contributed by atoms with Crippen LogP contribution in [0.5, 0.6) is 0 Å². The van der Waals surface area contributed by atoms with E-state index in [9.17, 15) is 14.9 Å². The smallest absolute Gasteiger partial charge is 0.270 e. The molecule has 0 N–H and O–H groups in total. The number of benzene rings is 1. The summed E-state index contributed by atoms with van der Waals surface area (Å²) >= 11 is 1.68. The molecular weight excluding hydrogens is 364 g/mol. The number of carbonyl (C=O) groups excluding carboxylic acids is 1. The van der Waals surface area contributed by atoms with E-state index < -0.39 is 4.92 Å². The van der Waals surface area contributed by atoms with E-state index in [2.05, 4.69) is 31.1 Å². The molecule has 7 nitrogen and oxygen atoms in total. The standard InChI is InChI=1S/C19H24N4O3S/c1-19(2,3)16-13-27-17(20-16)12-21-7-9-22(10-8-21)18(24)14-5-4-6-15(11-14)23(25)26/h4-6,11,13H,7-10,12H2,1-3H3. The molecule has 8 heteroatoms. The second kappa shape index (κ2) is 7.74. The first-order valence-corrected chi connectivity index (χ1v) is 9.83. The van der Waals surface area contributed by atoms with E-state index in [1.54, 1.807) is 28.4 Å². The average molecular weight is 388 g/mol. The molecule has 1 fully saturated rings. The zero-order valence-corrected chi connectivity index (χ0v) is 16.7. The Morgan fingerprint density at radius 2 is 1.96 bits per heavy atom. The molecular formula is C19H24N4O3S. The van der Waals surface area contributed by atoms with Gasteiger partial charge in [-0.25, -0.2) is 4.98 Å². The van der Waals surface area contributed by atoms with Crippen molar-refractivity contribution in [2.24, 2.45) is 0 Å². The van der Waals surface area contributed by atoms with E-state index in [0.29, 0.717) is 18.7 Å². The largest absolute Gasteiger partial charge is 0.336 e. The number of nitrogens with zero attached hydrogens (tertiary/aromatic N) is 4. The minimum Gasteiger partial charge on any atom is -0.336 e. The highest BCUT2D eigenvalue weighted by molar-refractivity contribution is 7.09. The topological polar surface area (TPSA) is 79.6 Å². The summed E-state index contributed by atoms with van der Waals surface area (Å²) in [5, 5.41) is 14.1. The number of amides is 1. The minimum absolute atomic E-state index is 0.0537. The zero-order valence-electron chi connectivity index (χ0n) is 15.8. The molecule has 0 unspecified atom stereocenters. The van der Waals surface area contributed by atoms with Gasteiger partial charge in [0.05, 0.1) is 17.2 Å². The number of aromatic nitrogens is 1. The first-order chi connectivity index (χ1) is 12.7. The summed E-state index contributed by atoms with van der Waals surface area (Å²) in [4.78, 5) is 31.8. The van der Waals surface area contributed by atoms with E-state index in [1.807, 2.05) is 0 Å². The molecule has 144 valence electrons. The van der Waals surface area contributed by atoms with Crippen molar-refractivity contribution in [2.75, 3.05) is 26.2 Å². The summed E-state index contributed by atoms with van der Waals surface area (Å²) in [6, 6.07) is 5.93. The van der Waals surface area contributed by atoms with Gasteiger partial charge < -0.3 is 4.90 Å². The first-order valence-electron chi connectivity index (χ1n) is 8.95.